The first-order valence-electron chi connectivity index (χ1n) is 4.42. The summed E-state index contributed by atoms with van der Waals surface area (Å²) in [5.41, 5.74) is 5.72. The highest BCUT2D eigenvalue weighted by Gasteiger charge is 2.10. The third-order valence-electron chi connectivity index (χ3n) is 1.80. The first-order valence-corrected chi connectivity index (χ1v) is 4.42. The monoisotopic (exact) mass is 182 g/mol. The average molecular weight is 182 g/mol. The van der Waals surface area contributed by atoms with Gasteiger partial charge in [0.2, 0.25) is 0 Å². The zero-order valence-corrected chi connectivity index (χ0v) is 8.78. The highest BCUT2D eigenvalue weighted by atomic mass is 15.2. The predicted octanol–water partition coefficient (Wildman–Crippen LogP) is 0.943. The standard InChI is InChI=1S/C9H18N4/c1-7(2)12-9(11)13(4)8(3)5-6-10/h7-8H,5H2,1-4H3,(H2,11,12). The first kappa shape index (κ1) is 11.8. The second-order valence-electron chi connectivity index (χ2n) is 3.40. The van der Waals surface area contributed by atoms with Crippen LogP contribution in [0.2, 0.25) is 0 Å². The minimum atomic E-state index is 0.118. The lowest BCUT2D eigenvalue weighted by Gasteiger charge is -2.24. The van der Waals surface area contributed by atoms with Crippen LogP contribution in [0, 0.1) is 11.3 Å². The molecule has 1 atom stereocenters. The number of guanidine groups is 1. The zero-order valence-electron chi connectivity index (χ0n) is 8.78. The Kier molecular flexibility index (Phi) is 4.90. The summed E-state index contributed by atoms with van der Waals surface area (Å²) in [5, 5.41) is 8.49. The molecule has 0 aliphatic rings. The van der Waals surface area contributed by atoms with Gasteiger partial charge in [-0.05, 0) is 20.8 Å². The summed E-state index contributed by atoms with van der Waals surface area (Å²) in [7, 11) is 1.85. The van der Waals surface area contributed by atoms with Gasteiger partial charge < -0.3 is 10.6 Å². The van der Waals surface area contributed by atoms with E-state index in [4.69, 9.17) is 11.0 Å². The Hall–Kier alpha value is -1.24. The molecule has 1 unspecified atom stereocenters. The lowest BCUT2D eigenvalue weighted by atomic mass is 10.2. The van der Waals surface area contributed by atoms with Crippen molar-refractivity contribution in [2.45, 2.75) is 39.3 Å². The van der Waals surface area contributed by atoms with Crippen molar-refractivity contribution < 1.29 is 0 Å². The summed E-state index contributed by atoms with van der Waals surface area (Å²) in [6.45, 7) is 5.89. The summed E-state index contributed by atoms with van der Waals surface area (Å²) >= 11 is 0. The molecule has 0 bridgehead atoms. The average Bonchev–Trinajstić information content (AvgIpc) is 2.02. The van der Waals surface area contributed by atoms with E-state index in [0.29, 0.717) is 12.4 Å². The van der Waals surface area contributed by atoms with E-state index in [9.17, 15) is 0 Å². The van der Waals surface area contributed by atoms with Gasteiger partial charge >= 0.3 is 0 Å². The summed E-state index contributed by atoms with van der Waals surface area (Å²) in [6, 6.07) is 2.41. The number of nitriles is 1. The molecule has 2 N–H and O–H groups in total. The van der Waals surface area contributed by atoms with E-state index in [0.717, 1.165) is 0 Å². The van der Waals surface area contributed by atoms with Crippen molar-refractivity contribution in [3.63, 3.8) is 0 Å². The highest BCUT2D eigenvalue weighted by Crippen LogP contribution is 2.00. The molecule has 0 saturated heterocycles. The molecule has 4 nitrogen and oxygen atoms in total. The van der Waals surface area contributed by atoms with Gasteiger partial charge in [-0.2, -0.15) is 5.26 Å². The minimum Gasteiger partial charge on any atom is -0.370 e. The van der Waals surface area contributed by atoms with E-state index >= 15 is 0 Å². The van der Waals surface area contributed by atoms with E-state index < -0.39 is 0 Å². The summed E-state index contributed by atoms with van der Waals surface area (Å²) in [6.07, 6.45) is 0.463. The maximum Gasteiger partial charge on any atom is 0.191 e. The van der Waals surface area contributed by atoms with E-state index in [2.05, 4.69) is 11.1 Å². The topological polar surface area (TPSA) is 65.4 Å². The summed E-state index contributed by atoms with van der Waals surface area (Å²) in [5.74, 6) is 0.498. The Morgan fingerprint density at radius 1 is 1.54 bits per heavy atom. The van der Waals surface area contributed by atoms with Crippen LogP contribution in [0.3, 0.4) is 0 Å². The van der Waals surface area contributed by atoms with Crippen molar-refractivity contribution in [3.05, 3.63) is 0 Å². The summed E-state index contributed by atoms with van der Waals surface area (Å²) < 4.78 is 0. The molecule has 0 fully saturated rings. The highest BCUT2D eigenvalue weighted by molar-refractivity contribution is 5.78. The molecule has 74 valence electrons. The Morgan fingerprint density at radius 3 is 2.46 bits per heavy atom. The number of hydrogen-bond acceptors (Lipinski definition) is 2. The maximum atomic E-state index is 8.49. The van der Waals surface area contributed by atoms with E-state index in [1.165, 1.54) is 0 Å². The number of hydrogen-bond donors (Lipinski definition) is 1. The van der Waals surface area contributed by atoms with Crippen LogP contribution in [0.25, 0.3) is 0 Å². The van der Waals surface area contributed by atoms with Crippen molar-refractivity contribution in [1.29, 1.82) is 5.26 Å². The quantitative estimate of drug-likeness (QED) is 0.522. The van der Waals surface area contributed by atoms with Gasteiger partial charge in [-0.15, -0.1) is 0 Å². The molecule has 0 aromatic heterocycles. The molecule has 13 heavy (non-hydrogen) atoms. The molecule has 0 aliphatic carbocycles. The van der Waals surface area contributed by atoms with Gasteiger partial charge in [-0.25, -0.2) is 0 Å². The van der Waals surface area contributed by atoms with Crippen LogP contribution >= 0.6 is 0 Å². The van der Waals surface area contributed by atoms with Crippen LogP contribution in [0.5, 0.6) is 0 Å². The van der Waals surface area contributed by atoms with Gasteiger partial charge in [0.15, 0.2) is 5.96 Å². The molecule has 0 spiro atoms. The Morgan fingerprint density at radius 2 is 2.08 bits per heavy atom. The van der Waals surface area contributed by atoms with Crippen LogP contribution in [-0.2, 0) is 0 Å². The van der Waals surface area contributed by atoms with Crippen molar-refractivity contribution in [3.8, 4) is 6.07 Å². The van der Waals surface area contributed by atoms with Gasteiger partial charge in [-0.3, -0.25) is 4.99 Å². The molecule has 4 heteroatoms. The van der Waals surface area contributed by atoms with Gasteiger partial charge in [0.25, 0.3) is 0 Å². The first-order chi connectivity index (χ1) is 5.99. The van der Waals surface area contributed by atoms with Crippen molar-refractivity contribution in [2.24, 2.45) is 10.7 Å². The minimum absolute atomic E-state index is 0.118. The van der Waals surface area contributed by atoms with E-state index in [1.807, 2.05) is 32.7 Å². The molecule has 0 aromatic carbocycles. The number of aliphatic imine (C=N–C) groups is 1. The molecule has 0 saturated carbocycles. The number of nitrogens with zero attached hydrogens (tertiary/aromatic N) is 3. The molecule has 0 radical (unpaired) electrons. The van der Waals surface area contributed by atoms with Crippen LogP contribution in [0.4, 0.5) is 0 Å². The van der Waals surface area contributed by atoms with Crippen molar-refractivity contribution in [1.82, 2.24) is 4.90 Å². The van der Waals surface area contributed by atoms with Gasteiger partial charge in [0.05, 0.1) is 12.5 Å². The fourth-order valence-electron chi connectivity index (χ4n) is 0.850. The second-order valence-corrected chi connectivity index (χ2v) is 3.40. The lowest BCUT2D eigenvalue weighted by Crippen LogP contribution is -2.40. The smallest absolute Gasteiger partial charge is 0.191 e. The van der Waals surface area contributed by atoms with Crippen LogP contribution < -0.4 is 5.73 Å². The molecular weight excluding hydrogens is 164 g/mol. The van der Waals surface area contributed by atoms with Crippen LogP contribution in [-0.4, -0.2) is 30.0 Å². The SMILES string of the molecule is CC(C)N=C(N)N(C)C(C)CC#N. The molecule has 0 rings (SSSR count). The fraction of sp³-hybridized carbons (Fsp3) is 0.778. The third-order valence-corrected chi connectivity index (χ3v) is 1.80. The van der Waals surface area contributed by atoms with Gasteiger partial charge in [0, 0.05) is 19.1 Å². The molecule has 0 aliphatic heterocycles. The van der Waals surface area contributed by atoms with Gasteiger partial charge in [0.1, 0.15) is 0 Å². The fourth-order valence-corrected chi connectivity index (χ4v) is 0.850. The predicted molar refractivity (Wildman–Crippen MR) is 54.2 cm³/mol. The summed E-state index contributed by atoms with van der Waals surface area (Å²) in [4.78, 5) is 6.01. The Labute approximate surface area is 80.0 Å². The number of rotatable bonds is 3. The molecule has 0 amide bonds. The molecule has 0 heterocycles. The van der Waals surface area contributed by atoms with E-state index in [-0.39, 0.29) is 12.1 Å². The van der Waals surface area contributed by atoms with Gasteiger partial charge in [-0.1, -0.05) is 0 Å². The normalized spacial score (nSPS) is 14.0. The van der Waals surface area contributed by atoms with E-state index in [1.54, 1.807) is 0 Å². The molecular formula is C9H18N4. The maximum absolute atomic E-state index is 8.49. The Balaban J connectivity index is 4.25. The van der Waals surface area contributed by atoms with Crippen molar-refractivity contribution in [2.75, 3.05) is 7.05 Å². The third kappa shape index (κ3) is 4.36. The number of nitrogens with two attached hydrogens (primary N) is 1. The Bertz CT molecular complexity index is 214. The lowest BCUT2D eigenvalue weighted by molar-refractivity contribution is 0.389. The zero-order chi connectivity index (χ0) is 10.4. The van der Waals surface area contributed by atoms with Crippen LogP contribution in [0.1, 0.15) is 27.2 Å². The largest absolute Gasteiger partial charge is 0.370 e. The molecule has 0 aromatic rings. The second kappa shape index (κ2) is 5.41. The van der Waals surface area contributed by atoms with Crippen molar-refractivity contribution >= 4 is 5.96 Å². The van der Waals surface area contributed by atoms with Crippen LogP contribution in [0.15, 0.2) is 4.99 Å².